The van der Waals surface area contributed by atoms with E-state index < -0.39 is 0 Å². The lowest BCUT2D eigenvalue weighted by Gasteiger charge is -2.35. The van der Waals surface area contributed by atoms with E-state index in [2.05, 4.69) is 14.9 Å². The van der Waals surface area contributed by atoms with Crippen LogP contribution in [0.1, 0.15) is 44.3 Å². The average Bonchev–Trinajstić information content (AvgIpc) is 2.88. The topological polar surface area (TPSA) is 84.9 Å². The molecule has 4 rings (SSSR count). The lowest BCUT2D eigenvalue weighted by atomic mass is 10.0. The molecule has 1 aromatic carbocycles. The van der Waals surface area contributed by atoms with Gasteiger partial charge in [-0.05, 0) is 62.2 Å². The van der Waals surface area contributed by atoms with Crippen LogP contribution in [0.25, 0.3) is 0 Å². The Balaban J connectivity index is 1.36. The summed E-state index contributed by atoms with van der Waals surface area (Å²) < 4.78 is 11.0. The minimum atomic E-state index is -0.374. The molecule has 8 nitrogen and oxygen atoms in total. The fraction of sp³-hybridized carbons (Fsp3) is 0.333. The van der Waals surface area contributed by atoms with Gasteiger partial charge in [0.15, 0.2) is 0 Å². The zero-order valence-electron chi connectivity index (χ0n) is 20.4. The van der Waals surface area contributed by atoms with Gasteiger partial charge in [-0.3, -0.25) is 9.78 Å². The van der Waals surface area contributed by atoms with Crippen LogP contribution >= 0.6 is 0 Å². The van der Waals surface area contributed by atoms with Crippen LogP contribution in [0.5, 0.6) is 5.75 Å². The number of amides is 1. The van der Waals surface area contributed by atoms with Crippen molar-refractivity contribution < 1.29 is 19.1 Å². The second kappa shape index (κ2) is 11.0. The molecule has 0 unspecified atom stereocenters. The first kappa shape index (κ1) is 24.2. The predicted molar refractivity (Wildman–Crippen MR) is 133 cm³/mol. The number of ether oxygens (including phenoxy) is 2. The minimum Gasteiger partial charge on any atom is -0.488 e. The van der Waals surface area contributed by atoms with Crippen LogP contribution in [-0.4, -0.2) is 59.5 Å². The largest absolute Gasteiger partial charge is 0.488 e. The van der Waals surface area contributed by atoms with Gasteiger partial charge in [0.1, 0.15) is 18.2 Å². The second-order valence-corrected chi connectivity index (χ2v) is 8.49. The smallest absolute Gasteiger partial charge is 0.339 e. The van der Waals surface area contributed by atoms with Crippen LogP contribution in [0.3, 0.4) is 0 Å². The molecule has 182 valence electrons. The fourth-order valence-corrected chi connectivity index (χ4v) is 4.17. The Morgan fingerprint density at radius 2 is 1.71 bits per heavy atom. The summed E-state index contributed by atoms with van der Waals surface area (Å²) in [6.45, 7) is 8.99. The van der Waals surface area contributed by atoms with Gasteiger partial charge in [0, 0.05) is 55.9 Å². The van der Waals surface area contributed by atoms with Crippen LogP contribution in [0, 0.1) is 13.8 Å². The van der Waals surface area contributed by atoms with Crippen LogP contribution in [0.2, 0.25) is 0 Å². The summed E-state index contributed by atoms with van der Waals surface area (Å²) >= 11 is 0. The van der Waals surface area contributed by atoms with Crippen LogP contribution in [-0.2, 0) is 11.3 Å². The van der Waals surface area contributed by atoms with Crippen LogP contribution < -0.4 is 9.64 Å². The van der Waals surface area contributed by atoms with E-state index in [1.54, 1.807) is 25.4 Å². The first-order chi connectivity index (χ1) is 17.0. The number of aryl methyl sites for hydroxylation is 2. The van der Waals surface area contributed by atoms with Crippen molar-refractivity contribution in [2.75, 3.05) is 37.7 Å². The maximum Gasteiger partial charge on any atom is 0.339 e. The first-order valence-electron chi connectivity index (χ1n) is 11.8. The third-order valence-corrected chi connectivity index (χ3v) is 5.96. The van der Waals surface area contributed by atoms with E-state index in [9.17, 15) is 9.59 Å². The van der Waals surface area contributed by atoms with Gasteiger partial charge in [0.25, 0.3) is 5.91 Å². The van der Waals surface area contributed by atoms with Gasteiger partial charge < -0.3 is 19.3 Å². The standard InChI is InChI=1S/C27H30N4O4/c1-4-34-27(33)22-7-8-24(29-17-22)30-10-12-31(13-11-30)26(32)23-14-19(2)25(20(3)15-23)35-18-21-6-5-9-28-16-21/h5-9,14-17H,4,10-13,18H2,1-3H3. The number of pyridine rings is 2. The highest BCUT2D eigenvalue weighted by atomic mass is 16.5. The van der Waals surface area contributed by atoms with Gasteiger partial charge in [-0.15, -0.1) is 0 Å². The zero-order chi connectivity index (χ0) is 24.8. The van der Waals surface area contributed by atoms with Crippen LogP contribution in [0.4, 0.5) is 5.82 Å². The van der Waals surface area contributed by atoms with E-state index >= 15 is 0 Å². The SMILES string of the molecule is CCOC(=O)c1ccc(N2CCN(C(=O)c3cc(C)c(OCc4cccnc4)c(C)c3)CC2)nc1. The maximum absolute atomic E-state index is 13.2. The minimum absolute atomic E-state index is 0.0141. The predicted octanol–water partition coefficient (Wildman–Crippen LogP) is 3.81. The number of benzene rings is 1. The van der Waals surface area contributed by atoms with Gasteiger partial charge in [-0.2, -0.15) is 0 Å². The average molecular weight is 475 g/mol. The van der Waals surface area contributed by atoms with E-state index in [1.165, 1.54) is 6.20 Å². The van der Waals surface area contributed by atoms with Crippen LogP contribution in [0.15, 0.2) is 55.0 Å². The fourth-order valence-electron chi connectivity index (χ4n) is 4.17. The normalized spacial score (nSPS) is 13.5. The van der Waals surface area contributed by atoms with E-state index in [0.29, 0.717) is 50.5 Å². The molecule has 0 bridgehead atoms. The Kier molecular flexibility index (Phi) is 7.60. The molecule has 1 aliphatic heterocycles. The van der Waals surface area contributed by atoms with Gasteiger partial charge >= 0.3 is 5.97 Å². The zero-order valence-corrected chi connectivity index (χ0v) is 20.4. The summed E-state index contributed by atoms with van der Waals surface area (Å²) in [5, 5.41) is 0. The van der Waals surface area contributed by atoms with Crippen molar-refractivity contribution >= 4 is 17.7 Å². The van der Waals surface area contributed by atoms with Crippen molar-refractivity contribution in [2.45, 2.75) is 27.4 Å². The van der Waals surface area contributed by atoms with Crippen molar-refractivity contribution in [3.05, 3.63) is 82.8 Å². The van der Waals surface area contributed by atoms with E-state index in [0.717, 1.165) is 28.3 Å². The quantitative estimate of drug-likeness (QED) is 0.482. The molecule has 1 saturated heterocycles. The van der Waals surface area contributed by atoms with Gasteiger partial charge in [-0.25, -0.2) is 9.78 Å². The molecule has 35 heavy (non-hydrogen) atoms. The Morgan fingerprint density at radius 3 is 2.31 bits per heavy atom. The monoisotopic (exact) mass is 474 g/mol. The van der Waals surface area contributed by atoms with Gasteiger partial charge in [0.2, 0.25) is 0 Å². The van der Waals surface area contributed by atoms with Crippen molar-refractivity contribution in [1.29, 1.82) is 0 Å². The first-order valence-corrected chi connectivity index (χ1v) is 11.8. The molecule has 0 spiro atoms. The summed E-state index contributed by atoms with van der Waals surface area (Å²) in [6.07, 6.45) is 5.05. The van der Waals surface area contributed by atoms with E-state index in [1.807, 2.05) is 49.1 Å². The molecule has 0 aliphatic carbocycles. The number of anilines is 1. The molecular formula is C27H30N4O4. The number of aromatic nitrogens is 2. The number of hydrogen-bond acceptors (Lipinski definition) is 7. The van der Waals surface area contributed by atoms with Crippen molar-refractivity contribution in [3.63, 3.8) is 0 Å². The molecule has 0 atom stereocenters. The molecule has 1 aliphatic rings. The van der Waals surface area contributed by atoms with E-state index in [-0.39, 0.29) is 11.9 Å². The Morgan fingerprint density at radius 1 is 0.971 bits per heavy atom. The summed E-state index contributed by atoms with van der Waals surface area (Å²) in [4.78, 5) is 37.5. The third kappa shape index (κ3) is 5.77. The number of piperazine rings is 1. The van der Waals surface area contributed by atoms with Crippen molar-refractivity contribution in [3.8, 4) is 5.75 Å². The maximum atomic E-state index is 13.2. The third-order valence-electron chi connectivity index (χ3n) is 5.96. The molecule has 2 aromatic heterocycles. The molecule has 8 heteroatoms. The summed E-state index contributed by atoms with van der Waals surface area (Å²) in [7, 11) is 0. The summed E-state index contributed by atoms with van der Waals surface area (Å²) in [5.74, 6) is 1.22. The molecule has 3 heterocycles. The lowest BCUT2D eigenvalue weighted by molar-refractivity contribution is 0.0525. The number of hydrogen-bond donors (Lipinski definition) is 0. The van der Waals surface area contributed by atoms with Gasteiger partial charge in [-0.1, -0.05) is 6.07 Å². The second-order valence-electron chi connectivity index (χ2n) is 8.49. The highest BCUT2D eigenvalue weighted by molar-refractivity contribution is 5.95. The number of esters is 1. The Bertz CT molecular complexity index is 1150. The lowest BCUT2D eigenvalue weighted by Crippen LogP contribution is -2.49. The number of nitrogens with zero attached hydrogens (tertiary/aromatic N) is 4. The molecule has 1 amide bonds. The Labute approximate surface area is 205 Å². The number of rotatable bonds is 7. The Hall–Kier alpha value is -3.94. The summed E-state index contributed by atoms with van der Waals surface area (Å²) in [5.41, 5.74) is 3.96. The molecular weight excluding hydrogens is 444 g/mol. The molecule has 0 N–H and O–H groups in total. The molecule has 3 aromatic rings. The molecule has 0 radical (unpaired) electrons. The van der Waals surface area contributed by atoms with E-state index in [4.69, 9.17) is 9.47 Å². The molecule has 1 fully saturated rings. The number of carbonyl (C=O) groups excluding carboxylic acids is 2. The summed E-state index contributed by atoms with van der Waals surface area (Å²) in [6, 6.07) is 11.2. The highest BCUT2D eigenvalue weighted by Crippen LogP contribution is 2.27. The number of carbonyl (C=O) groups is 2. The van der Waals surface area contributed by atoms with Crippen molar-refractivity contribution in [2.24, 2.45) is 0 Å². The van der Waals surface area contributed by atoms with Crippen molar-refractivity contribution in [1.82, 2.24) is 14.9 Å². The van der Waals surface area contributed by atoms with Gasteiger partial charge in [0.05, 0.1) is 12.2 Å². The highest BCUT2D eigenvalue weighted by Gasteiger charge is 2.24. The molecule has 0 saturated carbocycles.